The molecule has 0 bridgehead atoms. The van der Waals surface area contributed by atoms with Gasteiger partial charge in [-0.15, -0.1) is 11.3 Å². The Morgan fingerprint density at radius 1 is 1.69 bits per heavy atom. The van der Waals surface area contributed by atoms with E-state index in [-0.39, 0.29) is 5.91 Å². The second-order valence-electron chi connectivity index (χ2n) is 3.20. The molecule has 0 unspecified atom stereocenters. The summed E-state index contributed by atoms with van der Waals surface area (Å²) in [6, 6.07) is 6.03. The third-order valence-corrected chi connectivity index (χ3v) is 4.26. The highest BCUT2D eigenvalue weighted by Crippen LogP contribution is 2.36. The topological polar surface area (TPSA) is 44.1 Å². The first-order valence-corrected chi connectivity index (χ1v) is 6.76. The smallest absolute Gasteiger partial charge is 0.237 e. The summed E-state index contributed by atoms with van der Waals surface area (Å²) in [5.41, 5.74) is 0.618. The summed E-state index contributed by atoms with van der Waals surface area (Å²) in [7, 11) is 0. The van der Waals surface area contributed by atoms with Gasteiger partial charge in [0.25, 0.3) is 0 Å². The number of nitriles is 1. The minimum Gasteiger partial charge on any atom is -0.305 e. The second-order valence-corrected chi connectivity index (χ2v) is 5.11. The van der Waals surface area contributed by atoms with Crippen LogP contribution in [0.3, 0.4) is 0 Å². The van der Waals surface area contributed by atoms with Crippen molar-refractivity contribution in [2.24, 2.45) is 0 Å². The van der Waals surface area contributed by atoms with Gasteiger partial charge in [-0.05, 0) is 18.4 Å². The van der Waals surface area contributed by atoms with Crippen LogP contribution in [0, 0.1) is 11.3 Å². The molecule has 1 aliphatic heterocycles. The fraction of sp³-hybridized carbons (Fsp3) is 0.273. The molecule has 1 saturated heterocycles. The van der Waals surface area contributed by atoms with Gasteiger partial charge in [0.2, 0.25) is 5.91 Å². The summed E-state index contributed by atoms with van der Waals surface area (Å²) in [6.45, 7) is 2.55. The molecule has 1 aromatic rings. The second kappa shape index (κ2) is 4.73. The first-order chi connectivity index (χ1) is 7.77. The molecule has 2 rings (SSSR count). The molecular weight excluding hydrogens is 240 g/mol. The normalized spacial score (nSPS) is 18.8. The Labute approximate surface area is 102 Å². The van der Waals surface area contributed by atoms with Crippen LogP contribution in [0.4, 0.5) is 0 Å². The van der Waals surface area contributed by atoms with Crippen molar-refractivity contribution in [2.45, 2.75) is 6.92 Å². The molecule has 82 valence electrons. The highest BCUT2D eigenvalue weighted by molar-refractivity contribution is 8.04. The van der Waals surface area contributed by atoms with Gasteiger partial charge in [0, 0.05) is 11.4 Å². The van der Waals surface area contributed by atoms with E-state index in [1.165, 1.54) is 23.1 Å². The monoisotopic (exact) mass is 250 g/mol. The zero-order valence-electron chi connectivity index (χ0n) is 8.77. The van der Waals surface area contributed by atoms with E-state index in [1.54, 1.807) is 4.90 Å². The van der Waals surface area contributed by atoms with Gasteiger partial charge in [0.1, 0.15) is 6.07 Å². The maximum Gasteiger partial charge on any atom is 0.237 e. The fourth-order valence-corrected chi connectivity index (χ4v) is 3.44. The lowest BCUT2D eigenvalue weighted by molar-refractivity contribution is -0.125. The number of carbonyl (C=O) groups is 1. The standard InChI is InChI=1S/C11H10N2OS2/c1-2-13-10(14)7-16-11(13)8(6-12)9-4-3-5-15-9/h3-5H,2,7H2,1H3/b11-8-. The largest absolute Gasteiger partial charge is 0.305 e. The molecule has 3 nitrogen and oxygen atoms in total. The molecular formula is C11H10N2OS2. The molecule has 0 aromatic carbocycles. The van der Waals surface area contributed by atoms with Gasteiger partial charge in [-0.25, -0.2) is 0 Å². The third kappa shape index (κ3) is 1.86. The molecule has 0 atom stereocenters. The summed E-state index contributed by atoms with van der Waals surface area (Å²) in [5, 5.41) is 11.9. The maximum absolute atomic E-state index is 11.6. The van der Waals surface area contributed by atoms with Gasteiger partial charge in [-0.3, -0.25) is 4.79 Å². The number of amides is 1. The Balaban J connectivity index is 2.47. The van der Waals surface area contributed by atoms with Crippen LogP contribution in [0.1, 0.15) is 11.8 Å². The van der Waals surface area contributed by atoms with Crippen molar-refractivity contribution in [3.63, 3.8) is 0 Å². The summed E-state index contributed by atoms with van der Waals surface area (Å²) in [5.74, 6) is 0.534. The Hall–Kier alpha value is -1.25. The van der Waals surface area contributed by atoms with Crippen LogP contribution in [0.25, 0.3) is 5.57 Å². The lowest BCUT2D eigenvalue weighted by atomic mass is 10.2. The molecule has 1 aromatic heterocycles. The summed E-state index contributed by atoms with van der Waals surface area (Å²) in [4.78, 5) is 14.2. The SMILES string of the molecule is CCN1C(=O)CS/C1=C(/C#N)c1cccs1. The Morgan fingerprint density at radius 2 is 2.50 bits per heavy atom. The molecule has 5 heteroatoms. The third-order valence-electron chi connectivity index (χ3n) is 2.29. The van der Waals surface area contributed by atoms with Gasteiger partial charge >= 0.3 is 0 Å². The average molecular weight is 250 g/mol. The highest BCUT2D eigenvalue weighted by Gasteiger charge is 2.28. The molecule has 16 heavy (non-hydrogen) atoms. The zero-order valence-corrected chi connectivity index (χ0v) is 10.4. The highest BCUT2D eigenvalue weighted by atomic mass is 32.2. The number of thioether (sulfide) groups is 1. The van der Waals surface area contributed by atoms with Crippen LogP contribution in [-0.4, -0.2) is 23.1 Å². The number of thiophene rings is 1. The molecule has 2 heterocycles. The van der Waals surface area contributed by atoms with Crippen molar-refractivity contribution in [2.75, 3.05) is 12.3 Å². The van der Waals surface area contributed by atoms with Crippen LogP contribution >= 0.6 is 23.1 Å². The molecule has 1 fully saturated rings. The average Bonchev–Trinajstić information content (AvgIpc) is 2.90. The van der Waals surface area contributed by atoms with Crippen LogP contribution in [-0.2, 0) is 4.79 Å². The Kier molecular flexibility index (Phi) is 3.32. The fourth-order valence-electron chi connectivity index (χ4n) is 1.56. The number of rotatable bonds is 2. The first kappa shape index (κ1) is 11.2. The van der Waals surface area contributed by atoms with Gasteiger partial charge in [-0.2, -0.15) is 5.26 Å². The van der Waals surface area contributed by atoms with Crippen LogP contribution < -0.4 is 0 Å². The number of hydrogen-bond acceptors (Lipinski definition) is 4. The molecule has 0 radical (unpaired) electrons. The Bertz CT molecular complexity index is 471. The lowest BCUT2D eigenvalue weighted by Gasteiger charge is -2.15. The van der Waals surface area contributed by atoms with Crippen molar-refractivity contribution in [3.8, 4) is 6.07 Å². The number of hydrogen-bond donors (Lipinski definition) is 0. The summed E-state index contributed by atoms with van der Waals surface area (Å²) < 4.78 is 0. The maximum atomic E-state index is 11.6. The van der Waals surface area contributed by atoms with E-state index in [4.69, 9.17) is 0 Å². The van der Waals surface area contributed by atoms with Crippen molar-refractivity contribution in [1.29, 1.82) is 5.26 Å². The minimum absolute atomic E-state index is 0.0896. The lowest BCUT2D eigenvalue weighted by Crippen LogP contribution is -2.24. The summed E-state index contributed by atoms with van der Waals surface area (Å²) >= 11 is 2.98. The Morgan fingerprint density at radius 3 is 3.06 bits per heavy atom. The molecule has 0 aliphatic carbocycles. The van der Waals surface area contributed by atoms with Crippen LogP contribution in [0.2, 0.25) is 0 Å². The van der Waals surface area contributed by atoms with E-state index in [0.29, 0.717) is 17.9 Å². The van der Waals surface area contributed by atoms with Crippen molar-refractivity contribution in [1.82, 2.24) is 4.90 Å². The quantitative estimate of drug-likeness (QED) is 0.758. The van der Waals surface area contributed by atoms with E-state index in [2.05, 4.69) is 6.07 Å². The van der Waals surface area contributed by atoms with Gasteiger partial charge in [0.05, 0.1) is 16.4 Å². The van der Waals surface area contributed by atoms with Gasteiger partial charge < -0.3 is 4.90 Å². The predicted molar refractivity (Wildman–Crippen MR) is 66.7 cm³/mol. The van der Waals surface area contributed by atoms with Gasteiger partial charge in [-0.1, -0.05) is 17.8 Å². The zero-order chi connectivity index (χ0) is 11.5. The van der Waals surface area contributed by atoms with Gasteiger partial charge in [0.15, 0.2) is 0 Å². The minimum atomic E-state index is 0.0896. The molecule has 1 amide bonds. The van der Waals surface area contributed by atoms with Crippen molar-refractivity contribution < 1.29 is 4.79 Å². The van der Waals surface area contributed by atoms with Crippen LogP contribution in [0.15, 0.2) is 22.5 Å². The van der Waals surface area contributed by atoms with Crippen molar-refractivity contribution in [3.05, 3.63) is 27.4 Å². The van der Waals surface area contributed by atoms with Crippen LogP contribution in [0.5, 0.6) is 0 Å². The molecule has 0 saturated carbocycles. The number of nitrogens with zero attached hydrogens (tertiary/aromatic N) is 2. The molecule has 0 N–H and O–H groups in total. The van der Waals surface area contributed by atoms with E-state index in [9.17, 15) is 10.1 Å². The molecule has 0 spiro atoms. The van der Waals surface area contributed by atoms with E-state index >= 15 is 0 Å². The van der Waals surface area contributed by atoms with E-state index in [0.717, 1.165) is 9.91 Å². The first-order valence-electron chi connectivity index (χ1n) is 4.89. The number of allylic oxidation sites excluding steroid dienone is 1. The number of carbonyl (C=O) groups excluding carboxylic acids is 1. The van der Waals surface area contributed by atoms with E-state index < -0.39 is 0 Å². The molecule has 1 aliphatic rings. The summed E-state index contributed by atoms with van der Waals surface area (Å²) in [6.07, 6.45) is 0. The predicted octanol–water partition coefficient (Wildman–Crippen LogP) is 2.54. The van der Waals surface area contributed by atoms with E-state index in [1.807, 2.05) is 24.4 Å². The van der Waals surface area contributed by atoms with Crippen molar-refractivity contribution >= 4 is 34.6 Å².